The first-order valence-electron chi connectivity index (χ1n) is 4.63. The van der Waals surface area contributed by atoms with Crippen molar-refractivity contribution < 1.29 is 0 Å². The third kappa shape index (κ3) is 1.86. The topological polar surface area (TPSA) is 94.0 Å². The summed E-state index contributed by atoms with van der Waals surface area (Å²) in [4.78, 5) is 4.04. The van der Waals surface area contributed by atoms with E-state index in [1.807, 2.05) is 13.8 Å². The highest BCUT2D eigenvalue weighted by molar-refractivity contribution is 5.45. The normalized spacial score (nSPS) is 11.9. The van der Waals surface area contributed by atoms with Crippen molar-refractivity contribution in [2.75, 3.05) is 11.9 Å². The monoisotopic (exact) mass is 207 g/mol. The number of nitrogens with zero attached hydrogens (tertiary/aromatic N) is 5. The second-order valence-electron chi connectivity index (χ2n) is 3.95. The lowest BCUT2D eigenvalue weighted by molar-refractivity contribution is 0.573. The highest BCUT2D eigenvalue weighted by Gasteiger charge is 2.16. The van der Waals surface area contributed by atoms with Crippen molar-refractivity contribution >= 4 is 11.5 Å². The Kier molecular flexibility index (Phi) is 2.24. The Morgan fingerprint density at radius 3 is 3.00 bits per heavy atom. The van der Waals surface area contributed by atoms with Crippen molar-refractivity contribution in [1.82, 2.24) is 25.0 Å². The van der Waals surface area contributed by atoms with Gasteiger partial charge in [-0.1, -0.05) is 0 Å². The fourth-order valence-corrected chi connectivity index (χ4v) is 1.16. The lowest BCUT2D eigenvalue weighted by Gasteiger charge is -2.25. The van der Waals surface area contributed by atoms with E-state index in [2.05, 4.69) is 25.8 Å². The number of aromatic nitrogens is 5. The molecule has 2 aromatic heterocycles. The molecule has 0 fully saturated rings. The quantitative estimate of drug-likeness (QED) is 0.715. The Hall–Kier alpha value is -1.76. The number of nitrogens with two attached hydrogens (primary N) is 1. The largest absolute Gasteiger partial charge is 0.362 e. The summed E-state index contributed by atoms with van der Waals surface area (Å²) in [5, 5.41) is 14.5. The zero-order valence-corrected chi connectivity index (χ0v) is 8.68. The van der Waals surface area contributed by atoms with Gasteiger partial charge in [-0.25, -0.2) is 0 Å². The average molecular weight is 207 g/mol. The molecule has 15 heavy (non-hydrogen) atoms. The molecule has 0 aliphatic heterocycles. The van der Waals surface area contributed by atoms with Gasteiger partial charge >= 0.3 is 0 Å². The van der Waals surface area contributed by atoms with Crippen LogP contribution in [-0.2, 0) is 0 Å². The Morgan fingerprint density at radius 2 is 2.27 bits per heavy atom. The zero-order chi connectivity index (χ0) is 10.9. The van der Waals surface area contributed by atoms with Crippen molar-refractivity contribution in [2.24, 2.45) is 5.73 Å². The van der Waals surface area contributed by atoms with Crippen LogP contribution in [0, 0.1) is 0 Å². The molecule has 0 atom stereocenters. The van der Waals surface area contributed by atoms with Gasteiger partial charge in [-0.3, -0.25) is 4.98 Å². The first-order valence-corrected chi connectivity index (χ1v) is 4.63. The van der Waals surface area contributed by atoms with Crippen molar-refractivity contribution in [3.63, 3.8) is 0 Å². The average Bonchev–Trinajstić information content (AvgIpc) is 2.66. The first kappa shape index (κ1) is 9.78. The summed E-state index contributed by atoms with van der Waals surface area (Å²) in [7, 11) is 0. The molecular formula is C8H13N7. The number of fused-ring (bicyclic) bond motifs is 1. The Bertz CT molecular complexity index is 461. The van der Waals surface area contributed by atoms with E-state index in [1.54, 1.807) is 16.9 Å². The van der Waals surface area contributed by atoms with Crippen molar-refractivity contribution in [1.29, 1.82) is 0 Å². The summed E-state index contributed by atoms with van der Waals surface area (Å²) in [5.74, 6) is 0.730. The van der Waals surface area contributed by atoms with Gasteiger partial charge in [-0.05, 0) is 24.3 Å². The number of anilines is 1. The van der Waals surface area contributed by atoms with Crippen LogP contribution in [0.2, 0.25) is 0 Å². The summed E-state index contributed by atoms with van der Waals surface area (Å²) in [6.07, 6.45) is 3.27. The molecule has 7 nitrogen and oxygen atoms in total. The highest BCUT2D eigenvalue weighted by Crippen LogP contribution is 2.12. The summed E-state index contributed by atoms with van der Waals surface area (Å²) in [5.41, 5.74) is 6.01. The standard InChI is InChI=1S/C8H13N7/c1-8(2,5-9)11-6-3-10-4-7-12-13-14-15(6)7/h3-4,11H,5,9H2,1-2H3. The van der Waals surface area contributed by atoms with E-state index in [9.17, 15) is 0 Å². The van der Waals surface area contributed by atoms with E-state index < -0.39 is 0 Å². The van der Waals surface area contributed by atoms with E-state index in [0.29, 0.717) is 12.2 Å². The second kappa shape index (κ2) is 3.43. The number of tetrazole rings is 1. The molecular weight excluding hydrogens is 194 g/mol. The molecule has 2 rings (SSSR count). The van der Waals surface area contributed by atoms with Crippen LogP contribution in [0.5, 0.6) is 0 Å². The fraction of sp³-hybridized carbons (Fsp3) is 0.500. The fourth-order valence-electron chi connectivity index (χ4n) is 1.16. The van der Waals surface area contributed by atoms with E-state index >= 15 is 0 Å². The number of hydrogen-bond donors (Lipinski definition) is 2. The molecule has 0 saturated heterocycles. The van der Waals surface area contributed by atoms with Crippen LogP contribution in [0.3, 0.4) is 0 Å². The van der Waals surface area contributed by atoms with Gasteiger partial charge in [-0.2, -0.15) is 4.52 Å². The summed E-state index contributed by atoms with van der Waals surface area (Å²) in [6.45, 7) is 4.50. The van der Waals surface area contributed by atoms with Crippen molar-refractivity contribution in [3.05, 3.63) is 12.4 Å². The maximum absolute atomic E-state index is 5.63. The van der Waals surface area contributed by atoms with Gasteiger partial charge in [0.2, 0.25) is 0 Å². The maximum Gasteiger partial charge on any atom is 0.199 e. The SMILES string of the molecule is CC(C)(CN)Nc1cncc2nnnn12. The molecule has 3 N–H and O–H groups in total. The molecule has 0 saturated carbocycles. The molecule has 7 heteroatoms. The minimum Gasteiger partial charge on any atom is -0.362 e. The van der Waals surface area contributed by atoms with Crippen LogP contribution in [-0.4, -0.2) is 37.1 Å². The van der Waals surface area contributed by atoms with Gasteiger partial charge in [0.05, 0.1) is 12.4 Å². The third-order valence-electron chi connectivity index (χ3n) is 2.09. The summed E-state index contributed by atoms with van der Waals surface area (Å²) >= 11 is 0. The Labute approximate surface area is 86.7 Å². The number of nitrogens with one attached hydrogen (secondary N) is 1. The highest BCUT2D eigenvalue weighted by atomic mass is 15.5. The van der Waals surface area contributed by atoms with Crippen LogP contribution in [0.25, 0.3) is 5.65 Å². The molecule has 0 spiro atoms. The third-order valence-corrected chi connectivity index (χ3v) is 2.09. The predicted octanol–water partition coefficient (Wildman–Crippen LogP) is -0.332. The molecule has 2 aromatic rings. The molecule has 0 aliphatic carbocycles. The minimum atomic E-state index is -0.220. The molecule has 0 amide bonds. The number of hydrogen-bond acceptors (Lipinski definition) is 6. The van der Waals surface area contributed by atoms with Gasteiger partial charge in [-0.15, -0.1) is 5.10 Å². The van der Waals surface area contributed by atoms with Gasteiger partial charge in [0, 0.05) is 12.1 Å². The van der Waals surface area contributed by atoms with Crippen LogP contribution in [0.4, 0.5) is 5.82 Å². The van der Waals surface area contributed by atoms with Crippen LogP contribution in [0.1, 0.15) is 13.8 Å². The van der Waals surface area contributed by atoms with Gasteiger partial charge < -0.3 is 11.1 Å². The van der Waals surface area contributed by atoms with Gasteiger partial charge in [0.15, 0.2) is 11.5 Å². The van der Waals surface area contributed by atoms with Crippen molar-refractivity contribution in [3.8, 4) is 0 Å². The van der Waals surface area contributed by atoms with Crippen LogP contribution < -0.4 is 11.1 Å². The van der Waals surface area contributed by atoms with E-state index in [1.165, 1.54) is 0 Å². The summed E-state index contributed by atoms with van der Waals surface area (Å²) < 4.78 is 1.59. The van der Waals surface area contributed by atoms with E-state index in [0.717, 1.165) is 5.82 Å². The molecule has 0 bridgehead atoms. The van der Waals surface area contributed by atoms with E-state index in [4.69, 9.17) is 5.73 Å². The van der Waals surface area contributed by atoms with E-state index in [-0.39, 0.29) is 5.54 Å². The first-order chi connectivity index (χ1) is 7.12. The molecule has 0 aromatic carbocycles. The second-order valence-corrected chi connectivity index (χ2v) is 3.95. The number of rotatable bonds is 3. The predicted molar refractivity (Wildman–Crippen MR) is 55.3 cm³/mol. The zero-order valence-electron chi connectivity index (χ0n) is 8.68. The van der Waals surface area contributed by atoms with Gasteiger partial charge in [0.1, 0.15) is 0 Å². The summed E-state index contributed by atoms with van der Waals surface area (Å²) in [6, 6.07) is 0. The smallest absolute Gasteiger partial charge is 0.199 e. The van der Waals surface area contributed by atoms with Crippen LogP contribution >= 0.6 is 0 Å². The lowest BCUT2D eigenvalue weighted by atomic mass is 10.1. The Morgan fingerprint density at radius 1 is 1.47 bits per heavy atom. The van der Waals surface area contributed by atoms with Crippen molar-refractivity contribution in [2.45, 2.75) is 19.4 Å². The molecule has 0 unspecified atom stereocenters. The molecule has 0 radical (unpaired) electrons. The molecule has 2 heterocycles. The Balaban J connectivity index is 2.39. The minimum absolute atomic E-state index is 0.220. The van der Waals surface area contributed by atoms with Crippen LogP contribution in [0.15, 0.2) is 12.4 Å². The lowest BCUT2D eigenvalue weighted by Crippen LogP contribution is -2.39. The maximum atomic E-state index is 5.63. The molecule has 0 aliphatic rings. The van der Waals surface area contributed by atoms with Gasteiger partial charge in [0.25, 0.3) is 0 Å². The molecule has 80 valence electrons.